The molecule has 18 heavy (non-hydrogen) atoms. The molecule has 5 nitrogen and oxygen atoms in total. The molecule has 2 N–H and O–H groups in total. The Morgan fingerprint density at radius 1 is 1.28 bits per heavy atom. The van der Waals surface area contributed by atoms with E-state index in [9.17, 15) is 14.4 Å². The molecular weight excluding hydrogens is 254 g/mol. The van der Waals surface area contributed by atoms with Gasteiger partial charge in [0.25, 0.3) is 5.91 Å². The zero-order chi connectivity index (χ0) is 13.1. The van der Waals surface area contributed by atoms with Crippen molar-refractivity contribution in [2.75, 3.05) is 5.75 Å². The van der Waals surface area contributed by atoms with Crippen molar-refractivity contribution in [3.05, 3.63) is 35.9 Å². The highest BCUT2D eigenvalue weighted by Gasteiger charge is 2.40. The van der Waals surface area contributed by atoms with E-state index in [2.05, 4.69) is 5.32 Å². The zero-order valence-corrected chi connectivity index (χ0v) is 10.1. The fourth-order valence-electron chi connectivity index (χ4n) is 1.68. The number of rotatable bonds is 3. The molecule has 0 spiro atoms. The highest BCUT2D eigenvalue weighted by atomic mass is 32.2. The van der Waals surface area contributed by atoms with Gasteiger partial charge in [-0.05, 0) is 12.1 Å². The lowest BCUT2D eigenvalue weighted by molar-refractivity contribution is -0.139. The minimum Gasteiger partial charge on any atom is -0.480 e. The summed E-state index contributed by atoms with van der Waals surface area (Å²) in [6.45, 7) is 0. The molecule has 0 aliphatic carbocycles. The quantitative estimate of drug-likeness (QED) is 0.780. The van der Waals surface area contributed by atoms with Crippen LogP contribution in [-0.4, -0.2) is 39.8 Å². The zero-order valence-electron chi connectivity index (χ0n) is 9.33. The minimum atomic E-state index is -1.15. The number of carboxylic acids is 1. The lowest BCUT2D eigenvalue weighted by Gasteiger charge is -2.10. The van der Waals surface area contributed by atoms with Crippen molar-refractivity contribution >= 4 is 29.4 Å². The van der Waals surface area contributed by atoms with Gasteiger partial charge in [0.05, 0.1) is 6.04 Å². The van der Waals surface area contributed by atoms with Gasteiger partial charge in [-0.3, -0.25) is 14.4 Å². The fraction of sp³-hybridized carbons (Fsp3) is 0.250. The first-order chi connectivity index (χ1) is 8.59. The van der Waals surface area contributed by atoms with Gasteiger partial charge in [0, 0.05) is 11.3 Å². The number of Topliss-reactive ketones (excluding diaryl/α,β-unsaturated/α-hetero) is 1. The molecule has 1 aliphatic heterocycles. The number of benzene rings is 1. The Labute approximate surface area is 108 Å². The second-order valence-corrected chi connectivity index (χ2v) is 4.98. The Morgan fingerprint density at radius 2 is 1.94 bits per heavy atom. The summed E-state index contributed by atoms with van der Waals surface area (Å²) >= 11 is 1.04. The van der Waals surface area contributed by atoms with Crippen molar-refractivity contribution in [2.45, 2.75) is 11.3 Å². The molecule has 94 valence electrons. The Morgan fingerprint density at radius 3 is 2.50 bits per heavy atom. The molecule has 2 rings (SSSR count). The van der Waals surface area contributed by atoms with E-state index >= 15 is 0 Å². The number of hydrogen-bond donors (Lipinski definition) is 2. The Kier molecular flexibility index (Phi) is 3.66. The summed E-state index contributed by atoms with van der Waals surface area (Å²) < 4.78 is 0. The lowest BCUT2D eigenvalue weighted by Crippen LogP contribution is -2.42. The average Bonchev–Trinajstić information content (AvgIpc) is 2.72. The van der Waals surface area contributed by atoms with Crippen molar-refractivity contribution in [2.24, 2.45) is 0 Å². The maximum atomic E-state index is 11.8. The third kappa shape index (κ3) is 2.53. The Hall–Kier alpha value is -1.82. The molecule has 6 heteroatoms. The van der Waals surface area contributed by atoms with E-state index in [1.165, 1.54) is 0 Å². The summed E-state index contributed by atoms with van der Waals surface area (Å²) in [6, 6.07) is 7.78. The van der Waals surface area contributed by atoms with Gasteiger partial charge in [-0.15, -0.1) is 11.8 Å². The lowest BCUT2D eigenvalue weighted by atomic mass is 10.1. The van der Waals surface area contributed by atoms with Crippen LogP contribution in [-0.2, 0) is 9.59 Å². The first kappa shape index (κ1) is 12.6. The number of ketones is 1. The van der Waals surface area contributed by atoms with Crippen LogP contribution in [0.1, 0.15) is 10.4 Å². The molecule has 2 atom stereocenters. The van der Waals surface area contributed by atoms with Crippen LogP contribution in [0.5, 0.6) is 0 Å². The van der Waals surface area contributed by atoms with Gasteiger partial charge in [0.15, 0.2) is 11.0 Å². The van der Waals surface area contributed by atoms with Crippen molar-refractivity contribution in [3.8, 4) is 0 Å². The SMILES string of the molecule is O=C(N[C@H]1CS[C@@H](C(=O)O)C1=O)c1ccccc1. The molecule has 0 saturated carbocycles. The monoisotopic (exact) mass is 265 g/mol. The number of nitrogens with one attached hydrogen (secondary N) is 1. The number of amides is 1. The largest absolute Gasteiger partial charge is 0.480 e. The molecule has 1 aliphatic rings. The normalized spacial score (nSPS) is 22.8. The second kappa shape index (κ2) is 5.22. The van der Waals surface area contributed by atoms with Gasteiger partial charge in [-0.25, -0.2) is 0 Å². The molecule has 0 bridgehead atoms. The molecule has 0 radical (unpaired) electrons. The Bertz CT molecular complexity index is 488. The number of carbonyl (C=O) groups is 3. The van der Waals surface area contributed by atoms with Crippen molar-refractivity contribution in [1.82, 2.24) is 5.32 Å². The Balaban J connectivity index is 2.02. The van der Waals surface area contributed by atoms with E-state index in [1.54, 1.807) is 30.3 Å². The smallest absolute Gasteiger partial charge is 0.324 e. The summed E-state index contributed by atoms with van der Waals surface area (Å²) in [5.41, 5.74) is 0.453. The number of carbonyl (C=O) groups excluding carboxylic acids is 2. The van der Waals surface area contributed by atoms with Crippen LogP contribution < -0.4 is 5.32 Å². The predicted octanol–water partition coefficient (Wildman–Crippen LogP) is 0.554. The van der Waals surface area contributed by atoms with Crippen LogP contribution in [0.4, 0.5) is 0 Å². The topological polar surface area (TPSA) is 83.5 Å². The number of hydrogen-bond acceptors (Lipinski definition) is 4. The van der Waals surface area contributed by atoms with E-state index in [4.69, 9.17) is 5.11 Å². The summed E-state index contributed by atoms with van der Waals surface area (Å²) in [5, 5.41) is 10.3. The van der Waals surface area contributed by atoms with Gasteiger partial charge >= 0.3 is 5.97 Å². The fourth-order valence-corrected chi connectivity index (χ4v) is 2.78. The van der Waals surface area contributed by atoms with Gasteiger partial charge in [0.1, 0.15) is 0 Å². The predicted molar refractivity (Wildman–Crippen MR) is 66.6 cm³/mol. The minimum absolute atomic E-state index is 0.300. The summed E-state index contributed by atoms with van der Waals surface area (Å²) in [5.74, 6) is -1.66. The van der Waals surface area contributed by atoms with Crippen molar-refractivity contribution in [1.29, 1.82) is 0 Å². The summed E-state index contributed by atoms with van der Waals surface area (Å²) in [4.78, 5) is 34.3. The average molecular weight is 265 g/mol. The molecule has 0 unspecified atom stereocenters. The third-order valence-corrected chi connectivity index (χ3v) is 3.89. The highest BCUT2D eigenvalue weighted by molar-refractivity contribution is 8.02. The molecular formula is C12H11NO4S. The molecule has 1 amide bonds. The van der Waals surface area contributed by atoms with Crippen LogP contribution in [0.3, 0.4) is 0 Å². The summed E-state index contributed by atoms with van der Waals surface area (Å²) in [6.07, 6.45) is 0. The van der Waals surface area contributed by atoms with E-state index in [-0.39, 0.29) is 5.91 Å². The first-order valence-corrected chi connectivity index (χ1v) is 6.38. The standard InChI is InChI=1S/C12H11NO4S/c14-9-8(6-18-10(9)12(16)17)13-11(15)7-4-2-1-3-5-7/h1-5,8,10H,6H2,(H,13,15)(H,16,17)/t8-,10+/m0/s1. The van der Waals surface area contributed by atoms with Crippen LogP contribution >= 0.6 is 11.8 Å². The van der Waals surface area contributed by atoms with Crippen LogP contribution in [0.25, 0.3) is 0 Å². The van der Waals surface area contributed by atoms with E-state index < -0.39 is 23.0 Å². The maximum Gasteiger partial charge on any atom is 0.324 e. The second-order valence-electron chi connectivity index (χ2n) is 3.85. The maximum absolute atomic E-state index is 11.8. The van der Waals surface area contributed by atoms with Gasteiger partial charge in [-0.1, -0.05) is 18.2 Å². The molecule has 1 heterocycles. The van der Waals surface area contributed by atoms with Crippen molar-refractivity contribution < 1.29 is 19.5 Å². The first-order valence-electron chi connectivity index (χ1n) is 5.33. The van der Waals surface area contributed by atoms with E-state index in [1.807, 2.05) is 0 Å². The number of thioether (sulfide) groups is 1. The molecule has 1 saturated heterocycles. The number of carboxylic acid groups (broad SMARTS) is 1. The van der Waals surface area contributed by atoms with Gasteiger partial charge in [-0.2, -0.15) is 0 Å². The third-order valence-electron chi connectivity index (χ3n) is 2.60. The molecule has 1 fully saturated rings. The van der Waals surface area contributed by atoms with Crippen LogP contribution in [0, 0.1) is 0 Å². The van der Waals surface area contributed by atoms with E-state index in [0.717, 1.165) is 11.8 Å². The van der Waals surface area contributed by atoms with Crippen LogP contribution in [0.2, 0.25) is 0 Å². The molecule has 1 aromatic rings. The summed E-state index contributed by atoms with van der Waals surface area (Å²) in [7, 11) is 0. The molecule has 1 aromatic carbocycles. The van der Waals surface area contributed by atoms with Crippen molar-refractivity contribution in [3.63, 3.8) is 0 Å². The molecule has 0 aromatic heterocycles. The van der Waals surface area contributed by atoms with E-state index in [0.29, 0.717) is 11.3 Å². The highest BCUT2D eigenvalue weighted by Crippen LogP contribution is 2.24. The van der Waals surface area contributed by atoms with Gasteiger partial charge < -0.3 is 10.4 Å². The number of aliphatic carboxylic acids is 1. The van der Waals surface area contributed by atoms with Crippen LogP contribution in [0.15, 0.2) is 30.3 Å². The van der Waals surface area contributed by atoms with Gasteiger partial charge in [0.2, 0.25) is 0 Å².